The molecule has 6 heteroatoms. The van der Waals surface area contributed by atoms with Crippen molar-refractivity contribution in [2.24, 2.45) is 11.3 Å². The van der Waals surface area contributed by atoms with Crippen molar-refractivity contribution in [1.82, 2.24) is 14.7 Å². The van der Waals surface area contributed by atoms with Crippen LogP contribution in [0.25, 0.3) is 5.69 Å². The van der Waals surface area contributed by atoms with Crippen molar-refractivity contribution in [2.75, 3.05) is 18.9 Å². The van der Waals surface area contributed by atoms with E-state index >= 15 is 0 Å². The average molecular weight is 441 g/mol. The molecule has 0 spiro atoms. The Morgan fingerprint density at radius 3 is 2.22 bits per heavy atom. The second-order valence-corrected chi connectivity index (χ2v) is 11.3. The van der Waals surface area contributed by atoms with Gasteiger partial charge in [0.15, 0.2) is 0 Å². The van der Waals surface area contributed by atoms with Gasteiger partial charge in [-0.1, -0.05) is 66.2 Å². The summed E-state index contributed by atoms with van der Waals surface area (Å²) in [5.74, 6) is 0.619. The summed E-state index contributed by atoms with van der Waals surface area (Å²) in [4.78, 5) is 26.9. The van der Waals surface area contributed by atoms with Gasteiger partial charge in [-0.05, 0) is 36.8 Å². The van der Waals surface area contributed by atoms with Crippen LogP contribution in [0, 0.1) is 18.3 Å². The maximum atomic E-state index is 12.8. The molecule has 32 heavy (non-hydrogen) atoms. The van der Waals surface area contributed by atoms with Crippen molar-refractivity contribution in [3.05, 3.63) is 41.6 Å². The maximum absolute atomic E-state index is 12.8. The number of hydrogen-bond acceptors (Lipinski definition) is 3. The molecular formula is C26H40N4O2. The zero-order valence-electron chi connectivity index (χ0n) is 21.2. The molecule has 2 amide bonds. The fraction of sp³-hybridized carbons (Fsp3) is 0.577. The molecule has 0 radical (unpaired) electrons. The van der Waals surface area contributed by atoms with Crippen molar-refractivity contribution in [1.29, 1.82) is 0 Å². The van der Waals surface area contributed by atoms with E-state index in [4.69, 9.17) is 5.10 Å². The van der Waals surface area contributed by atoms with Gasteiger partial charge in [-0.3, -0.25) is 9.59 Å². The molecule has 1 N–H and O–H groups in total. The third-order valence-electron chi connectivity index (χ3n) is 5.31. The molecule has 0 saturated carbocycles. The number of hydrogen-bond donors (Lipinski definition) is 1. The fourth-order valence-electron chi connectivity index (χ4n) is 3.78. The van der Waals surface area contributed by atoms with Crippen molar-refractivity contribution in [2.45, 2.75) is 73.6 Å². The SMILES string of the molecule is Cc1ccc(-n2nc(C(C)(C)C)cc2NC(=O)CN(C)C(=O)CC(C)CC(C)(C)C)cc1. The van der Waals surface area contributed by atoms with Gasteiger partial charge in [-0.2, -0.15) is 5.10 Å². The lowest BCUT2D eigenvalue weighted by atomic mass is 9.84. The minimum atomic E-state index is -0.238. The number of carbonyl (C=O) groups is 2. The zero-order valence-corrected chi connectivity index (χ0v) is 21.2. The molecule has 6 nitrogen and oxygen atoms in total. The minimum absolute atomic E-state index is 0.00496. The van der Waals surface area contributed by atoms with Crippen LogP contribution in [0.4, 0.5) is 5.82 Å². The van der Waals surface area contributed by atoms with Crippen LogP contribution in [0.2, 0.25) is 0 Å². The number of aryl methyl sites for hydroxylation is 1. The quantitative estimate of drug-likeness (QED) is 0.632. The fourth-order valence-corrected chi connectivity index (χ4v) is 3.78. The summed E-state index contributed by atoms with van der Waals surface area (Å²) in [6.07, 6.45) is 1.40. The number of carbonyl (C=O) groups excluding carboxylic acids is 2. The molecular weight excluding hydrogens is 400 g/mol. The molecule has 0 aliphatic carbocycles. The molecule has 0 fully saturated rings. The minimum Gasteiger partial charge on any atom is -0.336 e. The van der Waals surface area contributed by atoms with Crippen LogP contribution < -0.4 is 5.32 Å². The molecule has 1 heterocycles. The highest BCUT2D eigenvalue weighted by atomic mass is 16.2. The Hall–Kier alpha value is -2.63. The monoisotopic (exact) mass is 440 g/mol. The van der Waals surface area contributed by atoms with Gasteiger partial charge < -0.3 is 10.2 Å². The lowest BCUT2D eigenvalue weighted by molar-refractivity contribution is -0.134. The Labute approximate surface area is 193 Å². The molecule has 1 aromatic heterocycles. The molecule has 1 aromatic carbocycles. The summed E-state index contributed by atoms with van der Waals surface area (Å²) in [6.45, 7) is 16.9. The van der Waals surface area contributed by atoms with E-state index in [1.807, 2.05) is 37.3 Å². The number of aromatic nitrogens is 2. The van der Waals surface area contributed by atoms with E-state index in [1.165, 1.54) is 4.90 Å². The van der Waals surface area contributed by atoms with E-state index in [-0.39, 0.29) is 35.1 Å². The molecule has 0 aliphatic rings. The number of amides is 2. The Balaban J connectivity index is 2.12. The third-order valence-corrected chi connectivity index (χ3v) is 5.31. The summed E-state index contributed by atoms with van der Waals surface area (Å²) < 4.78 is 1.76. The van der Waals surface area contributed by atoms with Crippen LogP contribution in [0.1, 0.15) is 72.6 Å². The second-order valence-electron chi connectivity index (χ2n) is 11.3. The predicted molar refractivity (Wildman–Crippen MR) is 131 cm³/mol. The van der Waals surface area contributed by atoms with Gasteiger partial charge in [0.05, 0.1) is 17.9 Å². The van der Waals surface area contributed by atoms with Crippen LogP contribution in [0.3, 0.4) is 0 Å². The molecule has 0 aliphatic heterocycles. The van der Waals surface area contributed by atoms with Crippen LogP contribution >= 0.6 is 0 Å². The Bertz CT molecular complexity index is 930. The van der Waals surface area contributed by atoms with Gasteiger partial charge in [0.2, 0.25) is 11.8 Å². The highest BCUT2D eigenvalue weighted by Gasteiger charge is 2.23. The van der Waals surface area contributed by atoms with Gasteiger partial charge in [0.1, 0.15) is 5.82 Å². The summed E-state index contributed by atoms with van der Waals surface area (Å²) in [5.41, 5.74) is 2.93. The Morgan fingerprint density at radius 1 is 1.09 bits per heavy atom. The first kappa shape index (κ1) is 25.6. The van der Waals surface area contributed by atoms with E-state index in [0.29, 0.717) is 12.2 Å². The number of rotatable bonds is 7. The van der Waals surface area contributed by atoms with Crippen LogP contribution in [0.15, 0.2) is 30.3 Å². The number of benzene rings is 1. The van der Waals surface area contributed by atoms with Gasteiger partial charge in [0, 0.05) is 24.9 Å². The molecule has 2 rings (SSSR count). The number of nitrogens with one attached hydrogen (secondary N) is 1. The molecule has 0 saturated heterocycles. The summed E-state index contributed by atoms with van der Waals surface area (Å²) >= 11 is 0. The topological polar surface area (TPSA) is 67.2 Å². The predicted octanol–water partition coefficient (Wildman–Crippen LogP) is 5.34. The smallest absolute Gasteiger partial charge is 0.245 e. The molecule has 1 unspecified atom stereocenters. The highest BCUT2D eigenvalue weighted by Crippen LogP contribution is 2.27. The molecule has 2 aromatic rings. The van der Waals surface area contributed by atoms with Gasteiger partial charge in [-0.15, -0.1) is 0 Å². The van der Waals surface area contributed by atoms with E-state index in [0.717, 1.165) is 23.4 Å². The maximum Gasteiger partial charge on any atom is 0.245 e. The normalized spacial score (nSPS) is 13.0. The van der Waals surface area contributed by atoms with Gasteiger partial charge >= 0.3 is 0 Å². The number of likely N-dealkylation sites (N-methyl/N-ethyl adjacent to an activating group) is 1. The molecule has 0 bridgehead atoms. The van der Waals surface area contributed by atoms with E-state index in [9.17, 15) is 9.59 Å². The van der Waals surface area contributed by atoms with Gasteiger partial charge in [0.25, 0.3) is 0 Å². The summed E-state index contributed by atoms with van der Waals surface area (Å²) in [5, 5.41) is 7.70. The Kier molecular flexibility index (Phi) is 7.92. The number of nitrogens with zero attached hydrogens (tertiary/aromatic N) is 3. The zero-order chi connectivity index (χ0) is 24.3. The first-order valence-electron chi connectivity index (χ1n) is 11.4. The second kappa shape index (κ2) is 9.88. The lowest BCUT2D eigenvalue weighted by Gasteiger charge is -2.24. The lowest BCUT2D eigenvalue weighted by Crippen LogP contribution is -2.36. The molecule has 1 atom stereocenters. The summed E-state index contributed by atoms with van der Waals surface area (Å²) in [6, 6.07) is 9.91. The number of anilines is 1. The Morgan fingerprint density at radius 2 is 1.69 bits per heavy atom. The van der Waals surface area contributed by atoms with Crippen LogP contribution in [-0.4, -0.2) is 40.1 Å². The average Bonchev–Trinajstić information content (AvgIpc) is 3.04. The van der Waals surface area contributed by atoms with Crippen LogP contribution in [-0.2, 0) is 15.0 Å². The first-order chi connectivity index (χ1) is 14.7. The standard InChI is InChI=1S/C26H40N4O2/c1-18-10-12-20(13-11-18)30-22(15-21(28-30)26(6,7)8)27-23(31)17-29(9)24(32)14-19(2)16-25(3,4)5/h10-13,15,19H,14,16-17H2,1-9H3,(H,27,31). The first-order valence-corrected chi connectivity index (χ1v) is 11.4. The van der Waals surface area contributed by atoms with E-state index in [1.54, 1.807) is 11.7 Å². The van der Waals surface area contributed by atoms with Crippen molar-refractivity contribution in [3.8, 4) is 5.69 Å². The highest BCUT2D eigenvalue weighted by molar-refractivity contribution is 5.94. The van der Waals surface area contributed by atoms with Crippen molar-refractivity contribution < 1.29 is 9.59 Å². The van der Waals surface area contributed by atoms with Crippen molar-refractivity contribution >= 4 is 17.6 Å². The van der Waals surface area contributed by atoms with Crippen molar-refractivity contribution in [3.63, 3.8) is 0 Å². The summed E-state index contributed by atoms with van der Waals surface area (Å²) in [7, 11) is 1.68. The van der Waals surface area contributed by atoms with E-state index in [2.05, 4.69) is 53.8 Å². The van der Waals surface area contributed by atoms with Crippen LogP contribution in [0.5, 0.6) is 0 Å². The molecule has 176 valence electrons. The largest absolute Gasteiger partial charge is 0.336 e. The van der Waals surface area contributed by atoms with E-state index < -0.39 is 0 Å². The van der Waals surface area contributed by atoms with Gasteiger partial charge in [-0.25, -0.2) is 4.68 Å². The third kappa shape index (κ3) is 7.50.